The van der Waals surface area contributed by atoms with Crippen LogP contribution in [0.15, 0.2) is 34.9 Å². The van der Waals surface area contributed by atoms with Gasteiger partial charge >= 0.3 is 11.4 Å². The third-order valence-electron chi connectivity index (χ3n) is 2.89. The number of nitrogens with two attached hydrogens (primary N) is 1. The van der Waals surface area contributed by atoms with Crippen LogP contribution in [0.25, 0.3) is 16.3 Å². The van der Waals surface area contributed by atoms with Crippen LogP contribution in [0.1, 0.15) is 25.7 Å². The summed E-state index contributed by atoms with van der Waals surface area (Å²) < 4.78 is 7.41. The molecule has 2 heterocycles. The number of anilines is 1. The molecule has 0 unspecified atom stereocenters. The van der Waals surface area contributed by atoms with Gasteiger partial charge in [-0.25, -0.2) is 0 Å². The van der Waals surface area contributed by atoms with Gasteiger partial charge in [0, 0.05) is 10.5 Å². The van der Waals surface area contributed by atoms with E-state index in [2.05, 4.69) is 18.9 Å². The number of hydrogen-bond donors (Lipinski definition) is 1. The summed E-state index contributed by atoms with van der Waals surface area (Å²) in [4.78, 5) is 0. The molecule has 0 amide bonds. The van der Waals surface area contributed by atoms with Gasteiger partial charge in [-0.1, -0.05) is 18.2 Å². The minimum Gasteiger partial charge on any atom is -0.382 e. The maximum Gasteiger partial charge on any atom is 0.383 e. The highest BCUT2D eigenvalue weighted by Gasteiger charge is 2.26. The van der Waals surface area contributed by atoms with Gasteiger partial charge in [0.2, 0.25) is 0 Å². The first-order valence-electron chi connectivity index (χ1n) is 5.66. The topological polar surface area (TPSA) is 56.1 Å². The third kappa shape index (κ3) is 1.37. The smallest absolute Gasteiger partial charge is 0.382 e. The van der Waals surface area contributed by atoms with Gasteiger partial charge in [0.05, 0.1) is 11.3 Å². The van der Waals surface area contributed by atoms with Gasteiger partial charge in [0.25, 0.3) is 5.88 Å². The third-order valence-corrected chi connectivity index (χ3v) is 2.89. The van der Waals surface area contributed by atoms with Gasteiger partial charge < -0.3 is 10.2 Å². The Kier molecular flexibility index (Phi) is 2.04. The number of nitrogen functional groups attached to an aromatic ring is 1. The normalized spacial score (nSPS) is 11.7. The van der Waals surface area contributed by atoms with Crippen LogP contribution in [0.3, 0.4) is 0 Å². The summed E-state index contributed by atoms with van der Waals surface area (Å²) in [5, 5.41) is 6.52. The van der Waals surface area contributed by atoms with E-state index in [-0.39, 0.29) is 5.92 Å². The summed E-state index contributed by atoms with van der Waals surface area (Å²) in [6.07, 6.45) is 1.84. The van der Waals surface area contributed by atoms with Crippen molar-refractivity contribution in [1.29, 1.82) is 0 Å². The highest BCUT2D eigenvalue weighted by molar-refractivity contribution is 5.96. The van der Waals surface area contributed by atoms with E-state index in [1.54, 1.807) is 4.52 Å². The summed E-state index contributed by atoms with van der Waals surface area (Å²) in [6, 6.07) is 8.02. The zero-order valence-electron chi connectivity index (χ0n) is 9.84. The molecular formula is C13H14N3O+. The second-order valence-electron chi connectivity index (χ2n) is 4.45. The first-order chi connectivity index (χ1) is 8.18. The molecule has 4 heteroatoms. The summed E-state index contributed by atoms with van der Waals surface area (Å²) in [5.74, 6) is 1.45. The Morgan fingerprint density at radius 2 is 2.06 bits per heavy atom. The molecule has 2 N–H and O–H groups in total. The van der Waals surface area contributed by atoms with E-state index in [1.165, 1.54) is 0 Å². The monoisotopic (exact) mass is 228 g/mol. The van der Waals surface area contributed by atoms with E-state index in [4.69, 9.17) is 10.2 Å². The molecule has 0 spiro atoms. The van der Waals surface area contributed by atoms with E-state index in [9.17, 15) is 0 Å². The van der Waals surface area contributed by atoms with Crippen LogP contribution in [-0.4, -0.2) is 5.10 Å². The lowest BCUT2D eigenvalue weighted by Crippen LogP contribution is -2.29. The second kappa shape index (κ2) is 3.45. The fraction of sp³-hybridized carbons (Fsp3) is 0.231. The van der Waals surface area contributed by atoms with Crippen molar-refractivity contribution in [1.82, 2.24) is 5.10 Å². The van der Waals surface area contributed by atoms with Gasteiger partial charge in [-0.05, 0) is 24.4 Å². The molecule has 0 atom stereocenters. The molecule has 0 fully saturated rings. The number of aromatic nitrogens is 2. The van der Waals surface area contributed by atoms with Gasteiger partial charge in [0.1, 0.15) is 6.20 Å². The predicted molar refractivity (Wildman–Crippen MR) is 65.7 cm³/mol. The average Bonchev–Trinajstić information content (AvgIpc) is 2.67. The molecule has 0 bridgehead atoms. The van der Waals surface area contributed by atoms with E-state index >= 15 is 0 Å². The quantitative estimate of drug-likeness (QED) is 0.650. The fourth-order valence-corrected chi connectivity index (χ4v) is 2.09. The highest BCUT2D eigenvalue weighted by atomic mass is 16.4. The second-order valence-corrected chi connectivity index (χ2v) is 4.45. The molecule has 2 aromatic heterocycles. The first-order valence-corrected chi connectivity index (χ1v) is 5.66. The molecule has 0 radical (unpaired) electrons. The minimum absolute atomic E-state index is 0.244. The minimum atomic E-state index is 0.244. The fourth-order valence-electron chi connectivity index (χ4n) is 2.09. The lowest BCUT2D eigenvalue weighted by Gasteiger charge is -1.93. The van der Waals surface area contributed by atoms with Crippen molar-refractivity contribution in [3.8, 4) is 0 Å². The zero-order valence-corrected chi connectivity index (χ0v) is 9.84. The molecule has 86 valence electrons. The predicted octanol–water partition coefficient (Wildman–Crippen LogP) is 2.27. The number of benzene rings is 1. The first kappa shape index (κ1) is 10.1. The van der Waals surface area contributed by atoms with Crippen LogP contribution in [0.5, 0.6) is 0 Å². The SMILES string of the molecule is CC(C)c1oc(N)c2c3ccccc3cn[n+]12. The van der Waals surface area contributed by atoms with Crippen molar-refractivity contribution >= 4 is 22.2 Å². The largest absolute Gasteiger partial charge is 0.383 e. The van der Waals surface area contributed by atoms with Crippen molar-refractivity contribution in [3.05, 3.63) is 36.4 Å². The zero-order chi connectivity index (χ0) is 12.0. The Labute approximate surface area is 98.7 Å². The van der Waals surface area contributed by atoms with Gasteiger partial charge in [-0.3, -0.25) is 0 Å². The Morgan fingerprint density at radius 3 is 2.82 bits per heavy atom. The summed E-state index contributed by atoms with van der Waals surface area (Å²) in [7, 11) is 0. The van der Waals surface area contributed by atoms with Crippen molar-refractivity contribution in [2.75, 3.05) is 5.73 Å². The molecule has 0 aliphatic carbocycles. The van der Waals surface area contributed by atoms with E-state index in [0.717, 1.165) is 22.2 Å². The van der Waals surface area contributed by atoms with Gasteiger partial charge in [-0.15, -0.1) is 0 Å². The summed E-state index contributed by atoms with van der Waals surface area (Å²) in [6.45, 7) is 4.11. The average molecular weight is 228 g/mol. The molecule has 0 aliphatic heterocycles. The van der Waals surface area contributed by atoms with Crippen LogP contribution in [0.4, 0.5) is 5.88 Å². The van der Waals surface area contributed by atoms with Crippen molar-refractivity contribution in [2.24, 2.45) is 0 Å². The molecule has 4 nitrogen and oxygen atoms in total. The maximum absolute atomic E-state index is 5.95. The number of rotatable bonds is 1. The van der Waals surface area contributed by atoms with Crippen LogP contribution >= 0.6 is 0 Å². The van der Waals surface area contributed by atoms with E-state index in [1.807, 2.05) is 30.5 Å². The van der Waals surface area contributed by atoms with Crippen molar-refractivity contribution in [2.45, 2.75) is 19.8 Å². The van der Waals surface area contributed by atoms with E-state index < -0.39 is 0 Å². The Bertz CT molecular complexity index is 700. The van der Waals surface area contributed by atoms with Crippen LogP contribution in [0, 0.1) is 0 Å². The Balaban J connectivity index is 2.51. The molecule has 3 aromatic rings. The number of oxazole rings is 1. The van der Waals surface area contributed by atoms with Crippen molar-refractivity contribution in [3.63, 3.8) is 0 Å². The standard InChI is InChI=1S/C13H14N3O/c1-8(2)13-16-11(12(14)17-13)10-6-4-3-5-9(10)7-15-16/h3-8H,14H2,1-2H3/q+1. The number of nitrogens with zero attached hydrogens (tertiary/aromatic N) is 2. The highest BCUT2D eigenvalue weighted by Crippen LogP contribution is 2.24. The Morgan fingerprint density at radius 1 is 1.29 bits per heavy atom. The van der Waals surface area contributed by atoms with Crippen molar-refractivity contribution < 1.29 is 8.93 Å². The van der Waals surface area contributed by atoms with Crippen LogP contribution < -0.4 is 10.2 Å². The number of hydrogen-bond acceptors (Lipinski definition) is 3. The molecule has 0 aliphatic rings. The molecule has 1 aromatic carbocycles. The maximum atomic E-state index is 5.95. The number of fused-ring (bicyclic) bond motifs is 3. The lowest BCUT2D eigenvalue weighted by atomic mass is 10.1. The molecule has 0 saturated carbocycles. The molecule has 17 heavy (non-hydrogen) atoms. The van der Waals surface area contributed by atoms with Crippen LogP contribution in [0.2, 0.25) is 0 Å². The summed E-state index contributed by atoms with van der Waals surface area (Å²) in [5.41, 5.74) is 6.81. The van der Waals surface area contributed by atoms with Gasteiger partial charge in [-0.2, -0.15) is 0 Å². The molecule has 0 saturated heterocycles. The lowest BCUT2D eigenvalue weighted by molar-refractivity contribution is -0.595. The van der Waals surface area contributed by atoms with Crippen LogP contribution in [-0.2, 0) is 0 Å². The molecular weight excluding hydrogens is 214 g/mol. The summed E-state index contributed by atoms with van der Waals surface area (Å²) >= 11 is 0. The molecule has 3 rings (SSSR count). The Hall–Kier alpha value is -2.10. The van der Waals surface area contributed by atoms with E-state index in [0.29, 0.717) is 5.88 Å². The van der Waals surface area contributed by atoms with Gasteiger partial charge in [0.15, 0.2) is 0 Å².